The Labute approximate surface area is 189 Å². The number of rotatable bonds is 12. The monoisotopic (exact) mass is 439 g/mol. The summed E-state index contributed by atoms with van der Waals surface area (Å²) < 4.78 is 34.1. The minimum atomic E-state index is -0.547. The molecule has 32 heavy (non-hydrogen) atoms. The standard InChI is InChI=1S/C27H31F2NO2/c1-2-3-4-5-6-7-8-9-16-32-27-15-11-20(17-25(27)29)21-10-14-26(30-19-21)23-13-12-22(31)18-24(23)28/h10-15,17-19,31H,2-9,16H2,1H3. The lowest BCUT2D eigenvalue weighted by molar-refractivity contribution is 0.290. The number of unbranched alkanes of at least 4 members (excludes halogenated alkanes) is 7. The second-order valence-corrected chi connectivity index (χ2v) is 8.06. The quantitative estimate of drug-likeness (QED) is 0.291. The smallest absolute Gasteiger partial charge is 0.165 e. The van der Waals surface area contributed by atoms with Crippen molar-refractivity contribution in [3.63, 3.8) is 0 Å². The van der Waals surface area contributed by atoms with Crippen molar-refractivity contribution >= 4 is 0 Å². The third-order valence-corrected chi connectivity index (χ3v) is 5.51. The van der Waals surface area contributed by atoms with Crippen molar-refractivity contribution in [2.24, 2.45) is 0 Å². The fourth-order valence-corrected chi connectivity index (χ4v) is 3.65. The van der Waals surface area contributed by atoms with E-state index in [4.69, 9.17) is 4.74 Å². The highest BCUT2D eigenvalue weighted by molar-refractivity contribution is 5.68. The number of phenols is 1. The summed E-state index contributed by atoms with van der Waals surface area (Å²) in [5.41, 5.74) is 2.14. The predicted octanol–water partition coefficient (Wildman–Crippen LogP) is 7.92. The van der Waals surface area contributed by atoms with Gasteiger partial charge in [0.05, 0.1) is 12.3 Å². The van der Waals surface area contributed by atoms with Crippen LogP contribution in [0.15, 0.2) is 54.7 Å². The maximum atomic E-state index is 14.5. The summed E-state index contributed by atoms with van der Waals surface area (Å²) in [5, 5.41) is 9.35. The zero-order valence-corrected chi connectivity index (χ0v) is 18.6. The summed E-state index contributed by atoms with van der Waals surface area (Å²) in [6.07, 6.45) is 11.3. The second-order valence-electron chi connectivity index (χ2n) is 8.06. The van der Waals surface area contributed by atoms with Crippen LogP contribution in [-0.2, 0) is 0 Å². The van der Waals surface area contributed by atoms with Crippen LogP contribution in [0.1, 0.15) is 58.3 Å². The lowest BCUT2D eigenvalue weighted by Crippen LogP contribution is -1.99. The Morgan fingerprint density at radius 3 is 2.16 bits per heavy atom. The molecule has 0 aliphatic heterocycles. The minimum Gasteiger partial charge on any atom is -0.508 e. The van der Waals surface area contributed by atoms with Gasteiger partial charge in [-0.3, -0.25) is 4.98 Å². The number of hydrogen-bond acceptors (Lipinski definition) is 3. The predicted molar refractivity (Wildman–Crippen MR) is 125 cm³/mol. The number of hydrogen-bond donors (Lipinski definition) is 1. The number of halogens is 2. The topological polar surface area (TPSA) is 42.4 Å². The maximum absolute atomic E-state index is 14.5. The van der Waals surface area contributed by atoms with Crippen LogP contribution in [0.2, 0.25) is 0 Å². The Morgan fingerprint density at radius 2 is 1.50 bits per heavy atom. The van der Waals surface area contributed by atoms with Crippen LogP contribution in [-0.4, -0.2) is 16.7 Å². The Bertz CT molecular complexity index is 989. The van der Waals surface area contributed by atoms with Crippen LogP contribution >= 0.6 is 0 Å². The van der Waals surface area contributed by atoms with Gasteiger partial charge in [0.25, 0.3) is 0 Å². The first-order chi connectivity index (χ1) is 15.6. The third-order valence-electron chi connectivity index (χ3n) is 5.51. The van der Waals surface area contributed by atoms with Gasteiger partial charge in [-0.05, 0) is 42.3 Å². The molecule has 5 heteroatoms. The lowest BCUT2D eigenvalue weighted by Gasteiger charge is -2.10. The normalized spacial score (nSPS) is 11.0. The fraction of sp³-hybridized carbons (Fsp3) is 0.370. The highest BCUT2D eigenvalue weighted by atomic mass is 19.1. The number of pyridine rings is 1. The average molecular weight is 440 g/mol. The highest BCUT2D eigenvalue weighted by Crippen LogP contribution is 2.28. The van der Waals surface area contributed by atoms with Crippen molar-refractivity contribution in [2.45, 2.75) is 58.3 Å². The maximum Gasteiger partial charge on any atom is 0.165 e. The van der Waals surface area contributed by atoms with E-state index in [1.807, 2.05) is 0 Å². The number of ether oxygens (including phenoxy) is 1. The average Bonchev–Trinajstić information content (AvgIpc) is 2.79. The van der Waals surface area contributed by atoms with Gasteiger partial charge in [0.15, 0.2) is 11.6 Å². The molecule has 0 unspecified atom stereocenters. The Kier molecular flexibility index (Phi) is 9.02. The van der Waals surface area contributed by atoms with E-state index in [1.165, 1.54) is 56.7 Å². The Balaban J connectivity index is 1.51. The van der Waals surface area contributed by atoms with Gasteiger partial charge < -0.3 is 9.84 Å². The first-order valence-electron chi connectivity index (χ1n) is 11.5. The van der Waals surface area contributed by atoms with Gasteiger partial charge in [-0.2, -0.15) is 0 Å². The van der Waals surface area contributed by atoms with Gasteiger partial charge in [-0.1, -0.05) is 64.0 Å². The zero-order valence-electron chi connectivity index (χ0n) is 18.6. The van der Waals surface area contributed by atoms with E-state index >= 15 is 0 Å². The molecule has 0 radical (unpaired) electrons. The molecule has 0 spiro atoms. The van der Waals surface area contributed by atoms with Crippen molar-refractivity contribution in [3.8, 4) is 33.9 Å². The molecule has 1 heterocycles. The van der Waals surface area contributed by atoms with Crippen molar-refractivity contribution in [2.75, 3.05) is 6.61 Å². The van der Waals surface area contributed by atoms with Gasteiger partial charge in [0.2, 0.25) is 0 Å². The van der Waals surface area contributed by atoms with E-state index in [0.29, 0.717) is 23.4 Å². The van der Waals surface area contributed by atoms with Crippen LogP contribution in [0.5, 0.6) is 11.5 Å². The van der Waals surface area contributed by atoms with E-state index in [2.05, 4.69) is 11.9 Å². The van der Waals surface area contributed by atoms with Crippen molar-refractivity contribution in [3.05, 3.63) is 66.4 Å². The van der Waals surface area contributed by atoms with Crippen LogP contribution in [0.3, 0.4) is 0 Å². The zero-order chi connectivity index (χ0) is 22.8. The molecule has 0 amide bonds. The molecule has 0 saturated carbocycles. The molecular formula is C27H31F2NO2. The number of nitrogens with zero attached hydrogens (tertiary/aromatic N) is 1. The summed E-state index contributed by atoms with van der Waals surface area (Å²) >= 11 is 0. The lowest BCUT2D eigenvalue weighted by atomic mass is 10.0. The molecule has 3 aromatic rings. The molecular weight excluding hydrogens is 408 g/mol. The summed E-state index contributed by atoms with van der Waals surface area (Å²) in [7, 11) is 0. The molecule has 0 bridgehead atoms. The number of phenolic OH excluding ortho intramolecular Hbond substituents is 1. The van der Waals surface area contributed by atoms with Crippen LogP contribution in [0, 0.1) is 11.6 Å². The summed E-state index contributed by atoms with van der Waals surface area (Å²) in [5.74, 6) is -0.833. The molecule has 1 aromatic heterocycles. The molecule has 2 aromatic carbocycles. The van der Waals surface area contributed by atoms with Crippen LogP contribution in [0.4, 0.5) is 8.78 Å². The third kappa shape index (κ3) is 6.78. The molecule has 0 saturated heterocycles. The number of aromatic hydroxyl groups is 1. The van der Waals surface area contributed by atoms with E-state index in [9.17, 15) is 13.9 Å². The Hall–Kier alpha value is -2.95. The summed E-state index contributed by atoms with van der Waals surface area (Å²) in [4.78, 5) is 4.29. The highest BCUT2D eigenvalue weighted by Gasteiger charge is 2.10. The number of benzene rings is 2. The fourth-order valence-electron chi connectivity index (χ4n) is 3.65. The van der Waals surface area contributed by atoms with E-state index in [-0.39, 0.29) is 11.5 Å². The second kappa shape index (κ2) is 12.2. The first-order valence-corrected chi connectivity index (χ1v) is 11.5. The molecule has 0 aliphatic rings. The Morgan fingerprint density at radius 1 is 0.781 bits per heavy atom. The molecule has 0 aliphatic carbocycles. The molecule has 0 fully saturated rings. The summed E-state index contributed by atoms with van der Waals surface area (Å²) in [6.45, 7) is 2.73. The van der Waals surface area contributed by atoms with Gasteiger partial charge in [-0.25, -0.2) is 8.78 Å². The van der Waals surface area contributed by atoms with Crippen molar-refractivity contribution in [1.82, 2.24) is 4.98 Å². The molecule has 3 rings (SSSR count). The van der Waals surface area contributed by atoms with Crippen molar-refractivity contribution < 1.29 is 18.6 Å². The summed E-state index contributed by atoms with van der Waals surface area (Å²) in [6, 6.07) is 12.3. The van der Waals surface area contributed by atoms with Gasteiger partial charge >= 0.3 is 0 Å². The van der Waals surface area contributed by atoms with Crippen LogP contribution < -0.4 is 4.74 Å². The van der Waals surface area contributed by atoms with Gasteiger partial charge in [-0.15, -0.1) is 0 Å². The van der Waals surface area contributed by atoms with E-state index < -0.39 is 11.6 Å². The van der Waals surface area contributed by atoms with Crippen LogP contribution in [0.25, 0.3) is 22.4 Å². The molecule has 0 atom stereocenters. The minimum absolute atomic E-state index is 0.136. The SMILES string of the molecule is CCCCCCCCCCOc1ccc(-c2ccc(-c3ccc(O)cc3F)nc2)cc1F. The molecule has 3 nitrogen and oxygen atoms in total. The van der Waals surface area contributed by atoms with Gasteiger partial charge in [0.1, 0.15) is 11.6 Å². The van der Waals surface area contributed by atoms with Gasteiger partial charge in [0, 0.05) is 23.4 Å². The van der Waals surface area contributed by atoms with Crippen molar-refractivity contribution in [1.29, 1.82) is 0 Å². The number of aromatic nitrogens is 1. The van der Waals surface area contributed by atoms with E-state index in [0.717, 1.165) is 24.5 Å². The van der Waals surface area contributed by atoms with E-state index in [1.54, 1.807) is 30.5 Å². The molecule has 170 valence electrons. The largest absolute Gasteiger partial charge is 0.508 e. The first kappa shape index (κ1) is 23.7. The molecule has 1 N–H and O–H groups in total.